The van der Waals surface area contributed by atoms with Gasteiger partial charge in [0.25, 0.3) is 0 Å². The Kier molecular flexibility index (Phi) is 6.34. The van der Waals surface area contributed by atoms with Crippen molar-refractivity contribution < 1.29 is 17.0 Å². The van der Waals surface area contributed by atoms with Gasteiger partial charge in [0.2, 0.25) is 0 Å². The standard InChI is InChI=1S/C19H19FN6O3S/c1-13(2)18-19(30(27,28)29-16-7-3-6-15(20)9-16)26(17(24-18)11-23-25-21)12-14-5-4-8-22-10-14/h3-10,13H,11-12H2,1-2H3. The minimum atomic E-state index is -4.38. The van der Waals surface area contributed by atoms with E-state index >= 15 is 0 Å². The maximum atomic E-state index is 13.5. The van der Waals surface area contributed by atoms with Crippen molar-refractivity contribution in [1.82, 2.24) is 14.5 Å². The molecular formula is C19H19FN6O3S. The van der Waals surface area contributed by atoms with Crippen LogP contribution in [-0.4, -0.2) is 23.0 Å². The molecule has 0 atom stereocenters. The van der Waals surface area contributed by atoms with Gasteiger partial charge in [-0.05, 0) is 35.2 Å². The number of benzene rings is 1. The molecule has 9 nitrogen and oxygen atoms in total. The first-order chi connectivity index (χ1) is 14.3. The second kappa shape index (κ2) is 8.93. The van der Waals surface area contributed by atoms with E-state index in [4.69, 9.17) is 9.71 Å². The van der Waals surface area contributed by atoms with Crippen molar-refractivity contribution in [2.24, 2.45) is 5.11 Å². The monoisotopic (exact) mass is 430 g/mol. The van der Waals surface area contributed by atoms with Crippen LogP contribution < -0.4 is 4.18 Å². The zero-order valence-electron chi connectivity index (χ0n) is 16.3. The Balaban J connectivity index is 2.16. The molecule has 2 aromatic heterocycles. The highest BCUT2D eigenvalue weighted by Gasteiger charge is 2.31. The molecule has 0 radical (unpaired) electrons. The number of hydrogen-bond donors (Lipinski definition) is 0. The fraction of sp³-hybridized carbons (Fsp3) is 0.263. The Hall–Kier alpha value is -3.43. The minimum absolute atomic E-state index is 0.116. The van der Waals surface area contributed by atoms with Gasteiger partial charge < -0.3 is 8.75 Å². The summed E-state index contributed by atoms with van der Waals surface area (Å²) >= 11 is 0. The van der Waals surface area contributed by atoms with Crippen LogP contribution in [0.3, 0.4) is 0 Å². The van der Waals surface area contributed by atoms with Crippen LogP contribution in [0.2, 0.25) is 0 Å². The molecule has 0 aliphatic heterocycles. The summed E-state index contributed by atoms with van der Waals surface area (Å²) in [5.74, 6) is -0.789. The van der Waals surface area contributed by atoms with Gasteiger partial charge >= 0.3 is 10.1 Å². The topological polar surface area (TPSA) is 123 Å². The molecule has 11 heteroatoms. The SMILES string of the molecule is CC(C)c1nc(CN=[N+]=[N-])n(Cc2cccnc2)c1S(=O)(=O)Oc1cccc(F)c1. The van der Waals surface area contributed by atoms with Crippen LogP contribution in [0.4, 0.5) is 4.39 Å². The molecule has 0 spiro atoms. The first kappa shape index (κ1) is 21.3. The van der Waals surface area contributed by atoms with Gasteiger partial charge in [0.05, 0.1) is 18.8 Å². The summed E-state index contributed by atoms with van der Waals surface area (Å²) in [5, 5.41) is 3.36. The number of nitrogens with zero attached hydrogens (tertiary/aromatic N) is 6. The van der Waals surface area contributed by atoms with Crippen molar-refractivity contribution in [2.75, 3.05) is 0 Å². The maximum Gasteiger partial charge on any atom is 0.357 e. The molecule has 156 valence electrons. The van der Waals surface area contributed by atoms with Gasteiger partial charge in [-0.3, -0.25) is 4.98 Å². The molecule has 0 saturated carbocycles. The lowest BCUT2D eigenvalue weighted by molar-refractivity contribution is 0.468. The van der Waals surface area contributed by atoms with Crippen molar-refractivity contribution in [2.45, 2.75) is 37.9 Å². The lowest BCUT2D eigenvalue weighted by atomic mass is 10.1. The molecule has 3 aromatic rings. The number of hydrogen-bond acceptors (Lipinski definition) is 6. The number of aromatic nitrogens is 3. The van der Waals surface area contributed by atoms with Crippen molar-refractivity contribution in [3.63, 3.8) is 0 Å². The average Bonchev–Trinajstić information content (AvgIpc) is 3.06. The summed E-state index contributed by atoms with van der Waals surface area (Å²) in [6.07, 6.45) is 3.19. The third-order valence-electron chi connectivity index (χ3n) is 4.15. The van der Waals surface area contributed by atoms with Gasteiger partial charge in [0.15, 0.2) is 5.03 Å². The van der Waals surface area contributed by atoms with Gasteiger partial charge in [-0.15, -0.1) is 0 Å². The van der Waals surface area contributed by atoms with Gasteiger partial charge in [0, 0.05) is 23.4 Å². The van der Waals surface area contributed by atoms with Crippen molar-refractivity contribution >= 4 is 10.1 Å². The van der Waals surface area contributed by atoms with Crippen LogP contribution in [0, 0.1) is 5.82 Å². The normalized spacial score (nSPS) is 11.3. The van der Waals surface area contributed by atoms with Gasteiger partial charge in [-0.1, -0.05) is 31.1 Å². The lowest BCUT2D eigenvalue weighted by Gasteiger charge is -2.14. The second-order valence-corrected chi connectivity index (χ2v) is 8.17. The van der Waals surface area contributed by atoms with Crippen LogP contribution in [-0.2, 0) is 23.2 Å². The first-order valence-electron chi connectivity index (χ1n) is 9.01. The van der Waals surface area contributed by atoms with Crippen LogP contribution in [0.1, 0.15) is 36.8 Å². The molecule has 30 heavy (non-hydrogen) atoms. The Labute approximate surface area is 172 Å². The van der Waals surface area contributed by atoms with Crippen molar-refractivity contribution in [3.8, 4) is 5.75 Å². The Morgan fingerprint density at radius 1 is 1.30 bits per heavy atom. The number of imidazole rings is 1. The zero-order valence-corrected chi connectivity index (χ0v) is 17.1. The van der Waals surface area contributed by atoms with Crippen molar-refractivity contribution in [1.29, 1.82) is 0 Å². The minimum Gasteiger partial charge on any atom is -0.378 e. The fourth-order valence-corrected chi connectivity index (χ4v) is 4.29. The van der Waals surface area contributed by atoms with E-state index in [-0.39, 0.29) is 41.3 Å². The fourth-order valence-electron chi connectivity index (χ4n) is 2.88. The number of rotatable bonds is 8. The van der Waals surface area contributed by atoms with Gasteiger partial charge in [-0.2, -0.15) is 8.42 Å². The maximum absolute atomic E-state index is 13.5. The molecule has 2 heterocycles. The highest BCUT2D eigenvalue weighted by molar-refractivity contribution is 7.87. The highest BCUT2D eigenvalue weighted by Crippen LogP contribution is 2.29. The molecular weight excluding hydrogens is 411 g/mol. The summed E-state index contributed by atoms with van der Waals surface area (Å²) in [6, 6.07) is 8.37. The molecule has 1 aromatic carbocycles. The molecule has 0 bridgehead atoms. The number of azide groups is 1. The Morgan fingerprint density at radius 3 is 2.73 bits per heavy atom. The van der Waals surface area contributed by atoms with Crippen LogP contribution in [0.5, 0.6) is 5.75 Å². The summed E-state index contributed by atoms with van der Waals surface area (Å²) in [4.78, 5) is 11.2. The molecule has 0 aliphatic carbocycles. The highest BCUT2D eigenvalue weighted by atomic mass is 32.2. The molecule has 0 N–H and O–H groups in total. The largest absolute Gasteiger partial charge is 0.378 e. The van der Waals surface area contributed by atoms with E-state index in [1.165, 1.54) is 22.8 Å². The van der Waals surface area contributed by atoms with Gasteiger partial charge in [0.1, 0.15) is 17.4 Å². The molecule has 0 amide bonds. The predicted octanol–water partition coefficient (Wildman–Crippen LogP) is 4.17. The number of halogens is 1. The Morgan fingerprint density at radius 2 is 2.10 bits per heavy atom. The van der Waals surface area contributed by atoms with E-state index in [1.54, 1.807) is 38.4 Å². The summed E-state index contributed by atoms with van der Waals surface area (Å²) < 4.78 is 46.6. The zero-order chi connectivity index (χ0) is 21.7. The van der Waals surface area contributed by atoms with E-state index in [0.717, 1.165) is 11.6 Å². The third-order valence-corrected chi connectivity index (χ3v) is 5.46. The van der Waals surface area contributed by atoms with Crippen LogP contribution in [0.25, 0.3) is 10.4 Å². The van der Waals surface area contributed by atoms with E-state index in [1.807, 2.05) is 0 Å². The molecule has 0 aliphatic rings. The third kappa shape index (κ3) is 4.76. The first-order valence-corrected chi connectivity index (χ1v) is 10.4. The van der Waals surface area contributed by atoms with E-state index in [0.29, 0.717) is 0 Å². The molecule has 0 fully saturated rings. The molecule has 3 rings (SSSR count). The van der Waals surface area contributed by atoms with E-state index in [9.17, 15) is 12.8 Å². The average molecular weight is 430 g/mol. The molecule has 0 unspecified atom stereocenters. The van der Waals surface area contributed by atoms with E-state index in [2.05, 4.69) is 20.0 Å². The van der Waals surface area contributed by atoms with Gasteiger partial charge in [-0.25, -0.2) is 9.37 Å². The quantitative estimate of drug-likeness (QED) is 0.230. The molecule has 0 saturated heterocycles. The van der Waals surface area contributed by atoms with E-state index < -0.39 is 15.9 Å². The summed E-state index contributed by atoms with van der Waals surface area (Å²) in [7, 11) is -4.38. The smallest absolute Gasteiger partial charge is 0.357 e. The van der Waals surface area contributed by atoms with Crippen LogP contribution >= 0.6 is 0 Å². The Bertz CT molecular complexity index is 1190. The second-order valence-electron chi connectivity index (χ2n) is 6.70. The number of pyridine rings is 1. The summed E-state index contributed by atoms with van der Waals surface area (Å²) in [6.45, 7) is 3.54. The van der Waals surface area contributed by atoms with Crippen molar-refractivity contribution in [3.05, 3.63) is 82.1 Å². The predicted molar refractivity (Wildman–Crippen MR) is 107 cm³/mol. The van der Waals surface area contributed by atoms with Crippen LogP contribution in [0.15, 0.2) is 58.9 Å². The summed E-state index contributed by atoms with van der Waals surface area (Å²) in [5.41, 5.74) is 9.69. The lowest BCUT2D eigenvalue weighted by Crippen LogP contribution is -2.19.